The van der Waals surface area contributed by atoms with Gasteiger partial charge in [0.2, 0.25) is 0 Å². The Labute approximate surface area is 89.8 Å². The normalized spacial score (nSPS) is 33.2. The first kappa shape index (κ1) is 9.36. The molecule has 0 amide bonds. The first-order valence-corrected chi connectivity index (χ1v) is 5.76. The predicted octanol–water partition coefficient (Wildman–Crippen LogP) is 0.406. The molecule has 82 valence electrons. The molecule has 3 heterocycles. The summed E-state index contributed by atoms with van der Waals surface area (Å²) in [5, 5.41) is 7.80. The maximum absolute atomic E-state index is 6.39. The van der Waals surface area contributed by atoms with Gasteiger partial charge in [-0.05, 0) is 38.9 Å². The summed E-state index contributed by atoms with van der Waals surface area (Å²) >= 11 is 0. The molecular weight excluding hydrogens is 188 g/mol. The lowest BCUT2D eigenvalue weighted by molar-refractivity contribution is 0.256. The summed E-state index contributed by atoms with van der Waals surface area (Å²) in [5.74, 6) is 0. The number of fused-ring (bicyclic) bond motifs is 2. The van der Waals surface area contributed by atoms with Crippen LogP contribution in [0.1, 0.15) is 31.5 Å². The van der Waals surface area contributed by atoms with E-state index < -0.39 is 0 Å². The topological polar surface area (TPSA) is 55.9 Å². The quantitative estimate of drug-likeness (QED) is 0.646. The molecule has 0 saturated carbocycles. The number of piperidine rings is 1. The van der Waals surface area contributed by atoms with Crippen LogP contribution in [-0.4, -0.2) is 28.9 Å². The zero-order valence-electron chi connectivity index (χ0n) is 9.11. The zero-order chi connectivity index (χ0) is 10.5. The molecule has 1 fully saturated rings. The van der Waals surface area contributed by atoms with Gasteiger partial charge in [0.05, 0.1) is 6.04 Å². The van der Waals surface area contributed by atoms with Gasteiger partial charge < -0.3 is 11.1 Å². The minimum absolute atomic E-state index is 0.182. The molecule has 1 aromatic rings. The largest absolute Gasteiger partial charge is 0.325 e. The Morgan fingerprint density at radius 1 is 1.53 bits per heavy atom. The number of aromatic nitrogens is 2. The van der Waals surface area contributed by atoms with Crippen molar-refractivity contribution in [2.45, 2.75) is 37.3 Å². The molecule has 3 rings (SSSR count). The highest BCUT2D eigenvalue weighted by Gasteiger charge is 2.49. The third kappa shape index (κ3) is 1.06. The average Bonchev–Trinajstić information content (AvgIpc) is 2.82. The Kier molecular flexibility index (Phi) is 1.91. The van der Waals surface area contributed by atoms with Gasteiger partial charge in [0.15, 0.2) is 0 Å². The Morgan fingerprint density at radius 2 is 2.27 bits per heavy atom. The van der Waals surface area contributed by atoms with E-state index in [4.69, 9.17) is 5.73 Å². The molecule has 0 bridgehead atoms. The lowest BCUT2D eigenvalue weighted by Gasteiger charge is -2.37. The third-order valence-corrected chi connectivity index (χ3v) is 4.22. The van der Waals surface area contributed by atoms with Gasteiger partial charge in [-0.3, -0.25) is 4.68 Å². The van der Waals surface area contributed by atoms with Gasteiger partial charge >= 0.3 is 0 Å². The van der Waals surface area contributed by atoms with Crippen molar-refractivity contribution >= 4 is 0 Å². The van der Waals surface area contributed by atoms with Crippen LogP contribution >= 0.6 is 0 Å². The standard InChI is InChI=1S/C11H18N4/c1-8-10(12)11(3-6-13-7-4-11)9-2-5-14-15(8)9/h2,5,8,10,13H,3-4,6-7,12H2,1H3/t8?,10-/m1/s1. The van der Waals surface area contributed by atoms with Crippen LogP contribution in [-0.2, 0) is 5.41 Å². The van der Waals surface area contributed by atoms with Crippen molar-refractivity contribution in [3.05, 3.63) is 18.0 Å². The molecule has 2 aliphatic heterocycles. The van der Waals surface area contributed by atoms with E-state index in [-0.39, 0.29) is 11.5 Å². The van der Waals surface area contributed by atoms with Gasteiger partial charge in [0, 0.05) is 23.3 Å². The lowest BCUT2D eigenvalue weighted by atomic mass is 9.71. The van der Waals surface area contributed by atoms with Gasteiger partial charge in [0.1, 0.15) is 0 Å². The molecule has 1 aromatic heterocycles. The molecule has 2 aliphatic rings. The van der Waals surface area contributed by atoms with E-state index in [1.54, 1.807) is 0 Å². The fourth-order valence-corrected chi connectivity index (χ4v) is 3.28. The smallest absolute Gasteiger partial charge is 0.0654 e. The average molecular weight is 206 g/mol. The SMILES string of the molecule is CC1[C@@H](N)C2(CCNCC2)c2ccnn21. The van der Waals surface area contributed by atoms with Crippen LogP contribution in [0.4, 0.5) is 0 Å². The maximum atomic E-state index is 6.39. The zero-order valence-corrected chi connectivity index (χ0v) is 9.11. The van der Waals surface area contributed by atoms with Crippen molar-refractivity contribution in [1.29, 1.82) is 0 Å². The Balaban J connectivity index is 2.08. The van der Waals surface area contributed by atoms with E-state index in [1.807, 2.05) is 6.20 Å². The van der Waals surface area contributed by atoms with Crippen molar-refractivity contribution < 1.29 is 0 Å². The number of nitrogens with two attached hydrogens (primary N) is 1. The van der Waals surface area contributed by atoms with Gasteiger partial charge in [-0.2, -0.15) is 5.10 Å². The molecule has 1 spiro atoms. The first-order chi connectivity index (χ1) is 7.26. The summed E-state index contributed by atoms with van der Waals surface area (Å²) in [6, 6.07) is 2.71. The Bertz CT molecular complexity index is 364. The molecule has 1 saturated heterocycles. The number of rotatable bonds is 0. The highest BCUT2D eigenvalue weighted by Crippen LogP contribution is 2.45. The summed E-state index contributed by atoms with van der Waals surface area (Å²) in [6.45, 7) is 4.33. The van der Waals surface area contributed by atoms with Crippen LogP contribution in [0.2, 0.25) is 0 Å². The van der Waals surface area contributed by atoms with Crippen molar-refractivity contribution in [3.8, 4) is 0 Å². The van der Waals surface area contributed by atoms with Gasteiger partial charge in [-0.15, -0.1) is 0 Å². The monoisotopic (exact) mass is 206 g/mol. The van der Waals surface area contributed by atoms with E-state index in [2.05, 4.69) is 28.1 Å². The van der Waals surface area contributed by atoms with Gasteiger partial charge in [0.25, 0.3) is 0 Å². The van der Waals surface area contributed by atoms with Crippen molar-refractivity contribution in [2.24, 2.45) is 5.73 Å². The van der Waals surface area contributed by atoms with Crippen molar-refractivity contribution in [3.63, 3.8) is 0 Å². The molecule has 0 aromatic carbocycles. The lowest BCUT2D eigenvalue weighted by Crippen LogP contribution is -2.50. The van der Waals surface area contributed by atoms with E-state index in [1.165, 1.54) is 5.69 Å². The molecule has 4 heteroatoms. The molecule has 0 aliphatic carbocycles. The van der Waals surface area contributed by atoms with Crippen molar-refractivity contribution in [2.75, 3.05) is 13.1 Å². The number of hydrogen-bond acceptors (Lipinski definition) is 3. The Morgan fingerprint density at radius 3 is 3.00 bits per heavy atom. The third-order valence-electron chi connectivity index (χ3n) is 4.22. The van der Waals surface area contributed by atoms with Crippen LogP contribution in [0.25, 0.3) is 0 Å². The molecular formula is C11H18N4. The highest BCUT2D eigenvalue weighted by atomic mass is 15.3. The van der Waals surface area contributed by atoms with Crippen molar-refractivity contribution in [1.82, 2.24) is 15.1 Å². The predicted molar refractivity (Wildman–Crippen MR) is 58.7 cm³/mol. The number of nitrogens with zero attached hydrogens (tertiary/aromatic N) is 2. The first-order valence-electron chi connectivity index (χ1n) is 5.76. The van der Waals surface area contributed by atoms with E-state index in [0.717, 1.165) is 25.9 Å². The second-order valence-corrected chi connectivity index (χ2v) is 4.83. The minimum Gasteiger partial charge on any atom is -0.325 e. The van der Waals surface area contributed by atoms with Crippen LogP contribution in [0, 0.1) is 0 Å². The van der Waals surface area contributed by atoms with Crippen LogP contribution in [0.15, 0.2) is 12.3 Å². The highest BCUT2D eigenvalue weighted by molar-refractivity contribution is 5.28. The summed E-state index contributed by atoms with van der Waals surface area (Å²) in [5.41, 5.74) is 7.93. The second-order valence-electron chi connectivity index (χ2n) is 4.83. The molecule has 1 unspecified atom stereocenters. The van der Waals surface area contributed by atoms with Crippen LogP contribution < -0.4 is 11.1 Å². The maximum Gasteiger partial charge on any atom is 0.0654 e. The second kappa shape index (κ2) is 3.06. The van der Waals surface area contributed by atoms with Crippen LogP contribution in [0.5, 0.6) is 0 Å². The van der Waals surface area contributed by atoms with E-state index in [0.29, 0.717) is 6.04 Å². The summed E-state index contributed by atoms with van der Waals surface area (Å²) in [7, 11) is 0. The molecule has 4 nitrogen and oxygen atoms in total. The Hall–Kier alpha value is -0.870. The summed E-state index contributed by atoms with van der Waals surface area (Å²) < 4.78 is 2.12. The van der Waals surface area contributed by atoms with Gasteiger partial charge in [-0.25, -0.2) is 0 Å². The fourth-order valence-electron chi connectivity index (χ4n) is 3.28. The summed E-state index contributed by atoms with van der Waals surface area (Å²) in [4.78, 5) is 0. The molecule has 2 atom stereocenters. The number of nitrogens with one attached hydrogen (secondary N) is 1. The number of hydrogen-bond donors (Lipinski definition) is 2. The minimum atomic E-state index is 0.182. The molecule has 3 N–H and O–H groups in total. The van der Waals surface area contributed by atoms with E-state index in [9.17, 15) is 0 Å². The fraction of sp³-hybridized carbons (Fsp3) is 0.727. The molecule has 0 radical (unpaired) electrons. The van der Waals surface area contributed by atoms with Gasteiger partial charge in [-0.1, -0.05) is 0 Å². The van der Waals surface area contributed by atoms with E-state index >= 15 is 0 Å². The summed E-state index contributed by atoms with van der Waals surface area (Å²) in [6.07, 6.45) is 4.19. The van der Waals surface area contributed by atoms with Crippen LogP contribution in [0.3, 0.4) is 0 Å². The molecule has 15 heavy (non-hydrogen) atoms.